The number of ether oxygens (including phenoxy) is 1. The zero-order chi connectivity index (χ0) is 21.8. The Morgan fingerprint density at radius 3 is 2.77 bits per heavy atom. The van der Waals surface area contributed by atoms with Gasteiger partial charge in [-0.2, -0.15) is 0 Å². The molecule has 3 N–H and O–H groups in total. The summed E-state index contributed by atoms with van der Waals surface area (Å²) in [4.78, 5) is 12.4. The first kappa shape index (κ1) is 21.9. The van der Waals surface area contributed by atoms with E-state index in [1.807, 2.05) is 32.0 Å². The van der Waals surface area contributed by atoms with Crippen LogP contribution in [0.2, 0.25) is 5.02 Å². The van der Waals surface area contributed by atoms with Crippen LogP contribution in [-0.2, 0) is 11.4 Å². The number of nitrogens with zero attached hydrogens (tertiary/aromatic N) is 3. The number of halogens is 2. The molecule has 0 spiro atoms. The molecule has 1 heterocycles. The summed E-state index contributed by atoms with van der Waals surface area (Å²) in [5, 5.41) is 10.7. The molecule has 1 aromatic heterocycles. The van der Waals surface area contributed by atoms with Crippen molar-refractivity contribution in [1.82, 2.24) is 14.9 Å². The number of carbonyl (C=O) groups is 1. The molecule has 0 bridgehead atoms. The van der Waals surface area contributed by atoms with Gasteiger partial charge in [0.25, 0.3) is 0 Å². The maximum atomic E-state index is 13.1. The number of carbonyl (C=O) groups excluding carboxylic acids is 1. The number of nitrogens with one attached hydrogen (secondary N) is 1. The predicted molar refractivity (Wildman–Crippen MR) is 116 cm³/mol. The number of nitrogen functional groups attached to an aromatic ring is 1. The second-order valence-electron chi connectivity index (χ2n) is 6.70. The second kappa shape index (κ2) is 9.36. The van der Waals surface area contributed by atoms with Crippen molar-refractivity contribution in [3.05, 3.63) is 64.2 Å². The highest BCUT2D eigenvalue weighted by Crippen LogP contribution is 2.26. The fourth-order valence-corrected chi connectivity index (χ4v) is 3.63. The van der Waals surface area contributed by atoms with Crippen LogP contribution >= 0.6 is 23.4 Å². The van der Waals surface area contributed by atoms with Crippen LogP contribution in [0.15, 0.2) is 41.6 Å². The number of aromatic nitrogens is 3. The van der Waals surface area contributed by atoms with Crippen molar-refractivity contribution in [1.29, 1.82) is 0 Å². The lowest BCUT2D eigenvalue weighted by atomic mass is 10.1. The average molecular weight is 450 g/mol. The van der Waals surface area contributed by atoms with Crippen molar-refractivity contribution < 1.29 is 13.9 Å². The summed E-state index contributed by atoms with van der Waals surface area (Å²) in [6.45, 7) is 5.81. The Balaban J connectivity index is 1.61. The maximum absolute atomic E-state index is 13.1. The van der Waals surface area contributed by atoms with Crippen LogP contribution in [0.5, 0.6) is 5.75 Å². The minimum atomic E-state index is -0.550. The number of aryl methyl sites for hydroxylation is 2. The summed E-state index contributed by atoms with van der Waals surface area (Å²) in [7, 11) is 0. The lowest BCUT2D eigenvalue weighted by Gasteiger charge is -2.13. The lowest BCUT2D eigenvalue weighted by molar-refractivity contribution is -0.115. The van der Waals surface area contributed by atoms with Gasteiger partial charge < -0.3 is 15.9 Å². The summed E-state index contributed by atoms with van der Waals surface area (Å²) in [6.07, 6.45) is 0. The monoisotopic (exact) mass is 449 g/mol. The molecule has 0 saturated heterocycles. The SMILES string of the molecule is Cc1ccc(OCc2nnc(S[C@H](C)C(=O)Nc3ccc(F)cc3Cl)n2N)c(C)c1. The van der Waals surface area contributed by atoms with E-state index in [9.17, 15) is 9.18 Å². The van der Waals surface area contributed by atoms with Gasteiger partial charge in [-0.05, 0) is 50.6 Å². The van der Waals surface area contributed by atoms with Crippen LogP contribution < -0.4 is 15.9 Å². The summed E-state index contributed by atoms with van der Waals surface area (Å²) in [5.74, 6) is 6.42. The first-order chi connectivity index (χ1) is 14.2. The van der Waals surface area contributed by atoms with Gasteiger partial charge in [0.1, 0.15) is 18.2 Å². The molecule has 0 radical (unpaired) electrons. The van der Waals surface area contributed by atoms with Gasteiger partial charge in [-0.15, -0.1) is 10.2 Å². The molecular weight excluding hydrogens is 429 g/mol. The predicted octanol–water partition coefficient (Wildman–Crippen LogP) is 4.10. The third kappa shape index (κ3) is 5.22. The Morgan fingerprint density at radius 2 is 2.07 bits per heavy atom. The zero-order valence-electron chi connectivity index (χ0n) is 16.6. The maximum Gasteiger partial charge on any atom is 0.237 e. The lowest BCUT2D eigenvalue weighted by Crippen LogP contribution is -2.24. The average Bonchev–Trinajstić information content (AvgIpc) is 3.03. The van der Waals surface area contributed by atoms with E-state index in [1.54, 1.807) is 6.92 Å². The summed E-state index contributed by atoms with van der Waals surface area (Å²) < 4.78 is 20.2. The molecule has 0 aliphatic carbocycles. The van der Waals surface area contributed by atoms with Gasteiger partial charge in [0, 0.05) is 0 Å². The molecule has 0 unspecified atom stereocenters. The molecule has 1 amide bonds. The van der Waals surface area contributed by atoms with Crippen LogP contribution in [0, 0.1) is 19.7 Å². The van der Waals surface area contributed by atoms with Crippen molar-refractivity contribution in [2.75, 3.05) is 11.2 Å². The van der Waals surface area contributed by atoms with Gasteiger partial charge in [0.15, 0.2) is 5.82 Å². The summed E-state index contributed by atoms with van der Waals surface area (Å²) in [5.41, 5.74) is 2.49. The number of nitrogens with two attached hydrogens (primary N) is 1. The molecule has 0 aliphatic rings. The van der Waals surface area contributed by atoms with Gasteiger partial charge in [0.2, 0.25) is 11.1 Å². The molecule has 3 rings (SSSR count). The van der Waals surface area contributed by atoms with Crippen molar-refractivity contribution in [2.45, 2.75) is 37.8 Å². The highest BCUT2D eigenvalue weighted by atomic mass is 35.5. The molecule has 1 atom stereocenters. The molecule has 10 heteroatoms. The molecule has 158 valence electrons. The van der Waals surface area contributed by atoms with Gasteiger partial charge in [-0.25, -0.2) is 9.07 Å². The summed E-state index contributed by atoms with van der Waals surface area (Å²) >= 11 is 7.08. The molecule has 0 fully saturated rings. The Kier molecular flexibility index (Phi) is 6.84. The van der Waals surface area contributed by atoms with Crippen LogP contribution in [0.1, 0.15) is 23.9 Å². The van der Waals surface area contributed by atoms with E-state index in [-0.39, 0.29) is 17.5 Å². The van der Waals surface area contributed by atoms with E-state index >= 15 is 0 Å². The van der Waals surface area contributed by atoms with E-state index in [0.717, 1.165) is 34.7 Å². The van der Waals surface area contributed by atoms with Gasteiger partial charge in [-0.1, -0.05) is 41.1 Å². The van der Waals surface area contributed by atoms with Crippen LogP contribution in [0.4, 0.5) is 10.1 Å². The molecule has 0 saturated carbocycles. The fraction of sp³-hybridized carbons (Fsp3) is 0.250. The molecular formula is C20H21ClFN5O2S. The van der Waals surface area contributed by atoms with Crippen LogP contribution in [-0.4, -0.2) is 26.0 Å². The Morgan fingerprint density at radius 1 is 1.30 bits per heavy atom. The first-order valence-electron chi connectivity index (χ1n) is 9.06. The third-order valence-electron chi connectivity index (χ3n) is 4.26. The van der Waals surface area contributed by atoms with E-state index in [4.69, 9.17) is 22.2 Å². The van der Waals surface area contributed by atoms with E-state index < -0.39 is 11.1 Å². The minimum Gasteiger partial charge on any atom is -0.485 e. The summed E-state index contributed by atoms with van der Waals surface area (Å²) in [6, 6.07) is 9.64. The molecule has 30 heavy (non-hydrogen) atoms. The first-order valence-corrected chi connectivity index (χ1v) is 10.3. The smallest absolute Gasteiger partial charge is 0.237 e. The Hall–Kier alpha value is -2.78. The third-order valence-corrected chi connectivity index (χ3v) is 5.63. The molecule has 3 aromatic rings. The van der Waals surface area contributed by atoms with Crippen molar-refractivity contribution in [3.8, 4) is 5.75 Å². The van der Waals surface area contributed by atoms with E-state index in [0.29, 0.717) is 16.7 Å². The normalized spacial score (nSPS) is 11.9. The number of amides is 1. The Bertz CT molecular complexity index is 1080. The number of benzene rings is 2. The van der Waals surface area contributed by atoms with Crippen molar-refractivity contribution >= 4 is 35.0 Å². The Labute approximate surface area is 182 Å². The largest absolute Gasteiger partial charge is 0.485 e. The topological polar surface area (TPSA) is 95.1 Å². The minimum absolute atomic E-state index is 0.119. The zero-order valence-corrected chi connectivity index (χ0v) is 18.2. The van der Waals surface area contributed by atoms with Crippen molar-refractivity contribution in [2.24, 2.45) is 0 Å². The fourth-order valence-electron chi connectivity index (χ4n) is 2.63. The van der Waals surface area contributed by atoms with Crippen LogP contribution in [0.25, 0.3) is 0 Å². The number of anilines is 1. The molecule has 2 aromatic carbocycles. The van der Waals surface area contributed by atoms with E-state index in [1.165, 1.54) is 16.8 Å². The highest BCUT2D eigenvalue weighted by Gasteiger charge is 2.20. The highest BCUT2D eigenvalue weighted by molar-refractivity contribution is 8.00. The quantitative estimate of drug-likeness (QED) is 0.416. The second-order valence-corrected chi connectivity index (χ2v) is 8.42. The number of thioether (sulfide) groups is 1. The van der Waals surface area contributed by atoms with Gasteiger partial charge in [0.05, 0.1) is 16.0 Å². The van der Waals surface area contributed by atoms with Crippen molar-refractivity contribution in [3.63, 3.8) is 0 Å². The number of hydrogen-bond donors (Lipinski definition) is 2. The number of hydrogen-bond acceptors (Lipinski definition) is 6. The standard InChI is InChI=1S/C20H21ClFN5O2S/c1-11-4-7-17(12(2)8-11)29-10-18-25-26-20(27(18)23)30-13(3)19(28)24-16-6-5-14(22)9-15(16)21/h4-9,13H,10,23H2,1-3H3,(H,24,28)/t13-/m1/s1. The molecule has 0 aliphatic heterocycles. The van der Waals surface area contributed by atoms with Gasteiger partial charge >= 0.3 is 0 Å². The van der Waals surface area contributed by atoms with E-state index in [2.05, 4.69) is 15.5 Å². The number of rotatable bonds is 7. The van der Waals surface area contributed by atoms with Gasteiger partial charge in [-0.3, -0.25) is 4.79 Å². The molecule has 7 nitrogen and oxygen atoms in total. The van der Waals surface area contributed by atoms with Crippen LogP contribution in [0.3, 0.4) is 0 Å².